The molecule has 1 rings (SSSR count). The number of carbonyl (C=O) groups excluding carboxylic acids is 1. The summed E-state index contributed by atoms with van der Waals surface area (Å²) in [6, 6.07) is -0.512. The number of alkyl halides is 2. The van der Waals surface area contributed by atoms with Crippen molar-refractivity contribution in [2.24, 2.45) is 5.73 Å². The second-order valence-corrected chi connectivity index (χ2v) is 4.16. The van der Waals surface area contributed by atoms with E-state index in [2.05, 4.69) is 0 Å². The largest absolute Gasteiger partial charge is 0.340 e. The Hall–Kier alpha value is -0.750. The van der Waals surface area contributed by atoms with Gasteiger partial charge in [-0.15, -0.1) is 0 Å². The third-order valence-electron chi connectivity index (χ3n) is 2.69. The van der Waals surface area contributed by atoms with Crippen LogP contribution < -0.4 is 5.73 Å². The van der Waals surface area contributed by atoms with Crippen LogP contribution in [-0.4, -0.2) is 60.9 Å². The van der Waals surface area contributed by atoms with Crippen LogP contribution in [0.2, 0.25) is 0 Å². The molecule has 0 aliphatic carbocycles. The van der Waals surface area contributed by atoms with Gasteiger partial charge in [-0.25, -0.2) is 8.78 Å². The fraction of sp³-hybridized carbons (Fsp3) is 0.900. The van der Waals surface area contributed by atoms with Gasteiger partial charge in [0.25, 0.3) is 6.43 Å². The number of hydrogen-bond acceptors (Lipinski definition) is 3. The van der Waals surface area contributed by atoms with E-state index in [0.717, 1.165) is 6.42 Å². The molecule has 0 aromatic heterocycles. The third-order valence-corrected chi connectivity index (χ3v) is 2.69. The topological polar surface area (TPSA) is 49.6 Å². The third kappa shape index (κ3) is 4.02. The van der Waals surface area contributed by atoms with Gasteiger partial charge in [0, 0.05) is 26.2 Å². The summed E-state index contributed by atoms with van der Waals surface area (Å²) in [6.45, 7) is 3.66. The summed E-state index contributed by atoms with van der Waals surface area (Å²) in [5, 5.41) is 0. The van der Waals surface area contributed by atoms with Crippen LogP contribution in [0.1, 0.15) is 13.3 Å². The lowest BCUT2D eigenvalue weighted by molar-refractivity contribution is -0.132. The minimum atomic E-state index is -2.31. The predicted molar refractivity (Wildman–Crippen MR) is 57.3 cm³/mol. The maximum absolute atomic E-state index is 12.2. The molecule has 1 amide bonds. The fourth-order valence-corrected chi connectivity index (χ4v) is 1.86. The number of nitrogens with two attached hydrogens (primary N) is 1. The van der Waals surface area contributed by atoms with Gasteiger partial charge in [-0.3, -0.25) is 9.69 Å². The lowest BCUT2D eigenvalue weighted by Gasteiger charge is -2.23. The van der Waals surface area contributed by atoms with E-state index >= 15 is 0 Å². The smallest absolute Gasteiger partial charge is 0.251 e. The first-order valence-corrected chi connectivity index (χ1v) is 5.55. The Kier molecular flexibility index (Phi) is 5.08. The lowest BCUT2D eigenvalue weighted by atomic mass is 10.3. The first kappa shape index (κ1) is 13.3. The summed E-state index contributed by atoms with van der Waals surface area (Å²) < 4.78 is 24.4. The van der Waals surface area contributed by atoms with Gasteiger partial charge in [-0.2, -0.15) is 0 Å². The quantitative estimate of drug-likeness (QED) is 0.756. The van der Waals surface area contributed by atoms with Crippen molar-refractivity contribution in [2.45, 2.75) is 25.8 Å². The molecule has 1 aliphatic heterocycles. The molecule has 0 saturated carbocycles. The zero-order chi connectivity index (χ0) is 12.1. The summed E-state index contributed by atoms with van der Waals surface area (Å²) in [6.07, 6.45) is -1.58. The molecule has 6 heteroatoms. The summed E-state index contributed by atoms with van der Waals surface area (Å²) in [7, 11) is 0. The van der Waals surface area contributed by atoms with E-state index in [4.69, 9.17) is 5.73 Å². The van der Waals surface area contributed by atoms with Crippen LogP contribution in [0, 0.1) is 0 Å². The molecule has 16 heavy (non-hydrogen) atoms. The molecule has 1 heterocycles. The highest BCUT2D eigenvalue weighted by Crippen LogP contribution is 2.06. The van der Waals surface area contributed by atoms with E-state index in [9.17, 15) is 13.6 Å². The summed E-state index contributed by atoms with van der Waals surface area (Å²) in [5.74, 6) is -0.0982. The molecule has 4 nitrogen and oxygen atoms in total. The minimum Gasteiger partial charge on any atom is -0.340 e. The summed E-state index contributed by atoms with van der Waals surface area (Å²) in [4.78, 5) is 15.0. The van der Waals surface area contributed by atoms with Gasteiger partial charge in [0.2, 0.25) is 5.91 Å². The molecule has 0 spiro atoms. The Balaban J connectivity index is 2.43. The second kappa shape index (κ2) is 6.10. The number of nitrogens with zero attached hydrogens (tertiary/aromatic N) is 2. The van der Waals surface area contributed by atoms with Gasteiger partial charge in [-0.05, 0) is 13.3 Å². The van der Waals surface area contributed by atoms with Gasteiger partial charge in [0.15, 0.2) is 0 Å². The molecular formula is C10H19F2N3O. The van der Waals surface area contributed by atoms with Crippen LogP contribution >= 0.6 is 0 Å². The van der Waals surface area contributed by atoms with Gasteiger partial charge in [0.05, 0.1) is 12.6 Å². The van der Waals surface area contributed by atoms with E-state index in [1.807, 2.05) is 0 Å². The van der Waals surface area contributed by atoms with Crippen LogP contribution in [0.25, 0.3) is 0 Å². The van der Waals surface area contributed by atoms with Gasteiger partial charge >= 0.3 is 0 Å². The van der Waals surface area contributed by atoms with Crippen molar-refractivity contribution in [3.05, 3.63) is 0 Å². The van der Waals surface area contributed by atoms with E-state index in [1.54, 1.807) is 16.7 Å². The summed E-state index contributed by atoms with van der Waals surface area (Å²) >= 11 is 0. The number of rotatable bonds is 3. The fourth-order valence-electron chi connectivity index (χ4n) is 1.86. The zero-order valence-electron chi connectivity index (χ0n) is 9.53. The number of hydrogen-bond donors (Lipinski definition) is 1. The van der Waals surface area contributed by atoms with Crippen LogP contribution in [0.3, 0.4) is 0 Å². The molecule has 1 saturated heterocycles. The van der Waals surface area contributed by atoms with E-state index in [0.29, 0.717) is 26.2 Å². The molecule has 1 aliphatic rings. The first-order valence-electron chi connectivity index (χ1n) is 5.55. The Bertz CT molecular complexity index is 236. The second-order valence-electron chi connectivity index (χ2n) is 4.16. The van der Waals surface area contributed by atoms with Crippen molar-refractivity contribution in [1.29, 1.82) is 0 Å². The van der Waals surface area contributed by atoms with E-state index in [-0.39, 0.29) is 12.5 Å². The van der Waals surface area contributed by atoms with Crippen LogP contribution in [0.4, 0.5) is 8.78 Å². The molecule has 0 bridgehead atoms. The predicted octanol–water partition coefficient (Wildman–Crippen LogP) is 0.133. The number of halogens is 2. The van der Waals surface area contributed by atoms with Crippen molar-refractivity contribution in [3.8, 4) is 0 Å². The highest BCUT2D eigenvalue weighted by atomic mass is 19.3. The van der Waals surface area contributed by atoms with Crippen LogP contribution in [0.5, 0.6) is 0 Å². The van der Waals surface area contributed by atoms with Crippen LogP contribution in [0.15, 0.2) is 0 Å². The molecule has 1 unspecified atom stereocenters. The minimum absolute atomic E-state index is 0.0982. The van der Waals surface area contributed by atoms with Crippen molar-refractivity contribution < 1.29 is 13.6 Å². The Morgan fingerprint density at radius 2 is 2.00 bits per heavy atom. The maximum Gasteiger partial charge on any atom is 0.251 e. The van der Waals surface area contributed by atoms with Crippen molar-refractivity contribution >= 4 is 5.91 Å². The maximum atomic E-state index is 12.2. The Morgan fingerprint density at radius 1 is 1.31 bits per heavy atom. The average Bonchev–Trinajstić information content (AvgIpc) is 2.41. The van der Waals surface area contributed by atoms with Crippen LogP contribution in [-0.2, 0) is 4.79 Å². The van der Waals surface area contributed by atoms with Gasteiger partial charge in [-0.1, -0.05) is 0 Å². The van der Waals surface area contributed by atoms with Gasteiger partial charge < -0.3 is 10.6 Å². The SMILES string of the molecule is CC(N)C(=O)N1CCCN(CC(F)F)CC1. The van der Waals surface area contributed by atoms with E-state index < -0.39 is 12.5 Å². The molecular weight excluding hydrogens is 216 g/mol. The zero-order valence-corrected chi connectivity index (χ0v) is 9.53. The molecule has 94 valence electrons. The normalized spacial score (nSPS) is 20.9. The number of carbonyl (C=O) groups is 1. The lowest BCUT2D eigenvalue weighted by Crippen LogP contribution is -2.44. The van der Waals surface area contributed by atoms with Gasteiger partial charge in [0.1, 0.15) is 0 Å². The monoisotopic (exact) mass is 235 g/mol. The molecule has 1 atom stereocenters. The van der Waals surface area contributed by atoms with Crippen molar-refractivity contribution in [2.75, 3.05) is 32.7 Å². The molecule has 0 radical (unpaired) electrons. The molecule has 0 aromatic carbocycles. The van der Waals surface area contributed by atoms with Crippen molar-refractivity contribution in [1.82, 2.24) is 9.80 Å². The summed E-state index contributed by atoms with van der Waals surface area (Å²) in [5.41, 5.74) is 5.51. The molecule has 1 fully saturated rings. The Morgan fingerprint density at radius 3 is 2.56 bits per heavy atom. The standard InChI is InChI=1S/C10H19F2N3O/c1-8(13)10(16)15-4-2-3-14(5-6-15)7-9(11)12/h8-9H,2-7,13H2,1H3. The average molecular weight is 235 g/mol. The van der Waals surface area contributed by atoms with Crippen molar-refractivity contribution in [3.63, 3.8) is 0 Å². The highest BCUT2D eigenvalue weighted by molar-refractivity contribution is 5.81. The highest BCUT2D eigenvalue weighted by Gasteiger charge is 2.22. The Labute approximate surface area is 94.4 Å². The number of amides is 1. The molecule has 0 aromatic rings. The molecule has 2 N–H and O–H groups in total. The van der Waals surface area contributed by atoms with E-state index in [1.165, 1.54) is 0 Å². The first-order chi connectivity index (χ1) is 7.50.